The first-order chi connectivity index (χ1) is 12.9. The molecule has 8 heteroatoms. The van der Waals surface area contributed by atoms with E-state index in [1.807, 2.05) is 30.9 Å². The molecular formula is C19H21N5O2S. The molecule has 1 amide bonds. The Balaban J connectivity index is 1.61. The van der Waals surface area contributed by atoms with Gasteiger partial charge in [-0.15, -0.1) is 5.10 Å². The fourth-order valence-corrected chi connectivity index (χ4v) is 4.60. The first kappa shape index (κ1) is 17.7. The number of amides is 1. The molecule has 0 bridgehead atoms. The molecule has 0 radical (unpaired) electrons. The van der Waals surface area contributed by atoms with Crippen molar-refractivity contribution in [3.8, 4) is 0 Å². The van der Waals surface area contributed by atoms with Crippen LogP contribution in [0.1, 0.15) is 29.7 Å². The zero-order chi connectivity index (χ0) is 19.1. The number of carbonyl (C=O) groups excluding carboxylic acids is 1. The monoisotopic (exact) mass is 383 g/mol. The van der Waals surface area contributed by atoms with Crippen molar-refractivity contribution < 1.29 is 4.79 Å². The van der Waals surface area contributed by atoms with E-state index in [0.717, 1.165) is 36.2 Å². The zero-order valence-electron chi connectivity index (χ0n) is 15.5. The molecule has 3 aromatic rings. The Bertz CT molecular complexity index is 1070. The van der Waals surface area contributed by atoms with E-state index in [9.17, 15) is 9.59 Å². The Hall–Kier alpha value is -2.74. The lowest BCUT2D eigenvalue weighted by Crippen LogP contribution is -2.39. The Morgan fingerprint density at radius 3 is 2.67 bits per heavy atom. The summed E-state index contributed by atoms with van der Waals surface area (Å²) in [7, 11) is 0. The number of anilines is 2. The molecule has 1 saturated heterocycles. The second kappa shape index (κ2) is 6.77. The van der Waals surface area contributed by atoms with E-state index in [2.05, 4.69) is 21.5 Å². The average molecular weight is 383 g/mol. The number of hydrogen-bond acceptors (Lipinski definition) is 6. The highest BCUT2D eigenvalue weighted by Gasteiger charge is 2.33. The second-order valence-corrected chi connectivity index (χ2v) is 7.97. The Labute approximate surface area is 160 Å². The number of benzene rings is 1. The molecule has 0 spiro atoms. The summed E-state index contributed by atoms with van der Waals surface area (Å²) in [5.74, 6) is -0.0479. The quantitative estimate of drug-likeness (QED) is 0.752. The summed E-state index contributed by atoms with van der Waals surface area (Å²) in [5, 5.41) is 8.10. The molecular weight excluding hydrogens is 362 g/mol. The van der Waals surface area contributed by atoms with Gasteiger partial charge in [-0.25, -0.2) is 4.98 Å². The number of aromatic nitrogens is 3. The van der Waals surface area contributed by atoms with Gasteiger partial charge in [0.2, 0.25) is 16.0 Å². The fraction of sp³-hybridized carbons (Fsp3) is 0.368. The maximum atomic E-state index is 12.9. The smallest absolute Gasteiger partial charge is 0.275 e. The maximum absolute atomic E-state index is 12.9. The lowest BCUT2D eigenvalue weighted by atomic mass is 10.1. The lowest BCUT2D eigenvalue weighted by Gasteiger charge is -2.22. The molecule has 2 aromatic heterocycles. The van der Waals surface area contributed by atoms with Crippen LogP contribution in [0.15, 0.2) is 29.1 Å². The van der Waals surface area contributed by atoms with Gasteiger partial charge < -0.3 is 10.2 Å². The maximum Gasteiger partial charge on any atom is 0.275 e. The zero-order valence-corrected chi connectivity index (χ0v) is 16.3. The molecule has 1 aliphatic heterocycles. The van der Waals surface area contributed by atoms with Gasteiger partial charge in [0.15, 0.2) is 0 Å². The second-order valence-electron chi connectivity index (χ2n) is 7.03. The molecule has 3 heterocycles. The van der Waals surface area contributed by atoms with E-state index >= 15 is 0 Å². The van der Waals surface area contributed by atoms with E-state index in [4.69, 9.17) is 0 Å². The normalized spacial score (nSPS) is 16.9. The first-order valence-electron chi connectivity index (χ1n) is 8.94. The van der Waals surface area contributed by atoms with Crippen molar-refractivity contribution in [2.75, 3.05) is 16.8 Å². The van der Waals surface area contributed by atoms with Gasteiger partial charge in [0.05, 0.1) is 0 Å². The number of nitrogens with zero attached hydrogens (tertiary/aromatic N) is 4. The van der Waals surface area contributed by atoms with E-state index in [1.54, 1.807) is 6.92 Å². The molecule has 1 aliphatic rings. The number of rotatable bonds is 3. The fourth-order valence-electron chi connectivity index (χ4n) is 3.57. The van der Waals surface area contributed by atoms with E-state index < -0.39 is 0 Å². The third-order valence-electron chi connectivity index (χ3n) is 4.65. The number of carbonyl (C=O) groups is 1. The summed E-state index contributed by atoms with van der Waals surface area (Å²) in [6.07, 6.45) is 1.66. The van der Waals surface area contributed by atoms with E-state index in [-0.39, 0.29) is 17.5 Å². The molecule has 0 unspecified atom stereocenters. The summed E-state index contributed by atoms with van der Waals surface area (Å²) in [4.78, 5) is 31.9. The van der Waals surface area contributed by atoms with Gasteiger partial charge in [-0.05, 0) is 56.9 Å². The summed E-state index contributed by atoms with van der Waals surface area (Å²) >= 11 is 1.34. The van der Waals surface area contributed by atoms with Crippen molar-refractivity contribution >= 4 is 33.0 Å². The minimum absolute atomic E-state index is 0.0479. The number of aryl methyl sites for hydroxylation is 3. The molecule has 7 nitrogen and oxygen atoms in total. The average Bonchev–Trinajstić information content (AvgIpc) is 3.19. The number of fused-ring (bicyclic) bond motifs is 1. The predicted molar refractivity (Wildman–Crippen MR) is 107 cm³/mol. The molecule has 140 valence electrons. The van der Waals surface area contributed by atoms with E-state index in [0.29, 0.717) is 15.8 Å². The van der Waals surface area contributed by atoms with Crippen LogP contribution in [0.4, 0.5) is 10.8 Å². The predicted octanol–water partition coefficient (Wildman–Crippen LogP) is 2.68. The molecule has 1 aromatic carbocycles. The van der Waals surface area contributed by atoms with Crippen LogP contribution in [0.2, 0.25) is 0 Å². The highest BCUT2D eigenvalue weighted by Crippen LogP contribution is 2.29. The van der Waals surface area contributed by atoms with Crippen molar-refractivity contribution in [3.05, 3.63) is 51.4 Å². The number of hydrogen-bond donors (Lipinski definition) is 1. The standard InChI is InChI=1S/C19H21N5O2S/c1-11-7-12(2)9-14(8-11)21-17(26)15-5-4-6-23(15)19-22-24-16(25)10-13(3)20-18(24)27-19/h7-10,15H,4-6H2,1-3H3,(H,21,26)/t15-/m0/s1. The van der Waals surface area contributed by atoms with Gasteiger partial charge in [-0.2, -0.15) is 4.52 Å². The lowest BCUT2D eigenvalue weighted by molar-refractivity contribution is -0.117. The Morgan fingerprint density at radius 1 is 1.19 bits per heavy atom. The van der Waals surface area contributed by atoms with Gasteiger partial charge in [-0.1, -0.05) is 17.4 Å². The highest BCUT2D eigenvalue weighted by molar-refractivity contribution is 7.20. The van der Waals surface area contributed by atoms with Gasteiger partial charge in [0, 0.05) is 24.0 Å². The molecule has 4 rings (SSSR count). The van der Waals surface area contributed by atoms with Crippen LogP contribution < -0.4 is 15.8 Å². The minimum atomic E-state index is -0.303. The van der Waals surface area contributed by atoms with Crippen LogP contribution >= 0.6 is 11.3 Å². The SMILES string of the molecule is Cc1cc(C)cc(NC(=O)[C@@H]2CCCN2c2nn3c(=O)cc(C)nc3s2)c1. The van der Waals surface area contributed by atoms with Crippen LogP contribution in [0.3, 0.4) is 0 Å². The molecule has 1 N–H and O–H groups in total. The van der Waals surface area contributed by atoms with Crippen molar-refractivity contribution in [2.24, 2.45) is 0 Å². The summed E-state index contributed by atoms with van der Waals surface area (Å²) in [5.41, 5.74) is 3.50. The summed E-state index contributed by atoms with van der Waals surface area (Å²) < 4.78 is 1.31. The Kier molecular flexibility index (Phi) is 4.43. The van der Waals surface area contributed by atoms with Crippen LogP contribution in [0.25, 0.3) is 4.96 Å². The van der Waals surface area contributed by atoms with E-state index in [1.165, 1.54) is 21.9 Å². The molecule has 0 saturated carbocycles. The Morgan fingerprint density at radius 2 is 1.93 bits per heavy atom. The highest BCUT2D eigenvalue weighted by atomic mass is 32.1. The minimum Gasteiger partial charge on any atom is -0.335 e. The van der Waals surface area contributed by atoms with Gasteiger partial charge in [-0.3, -0.25) is 9.59 Å². The summed E-state index contributed by atoms with van der Waals surface area (Å²) in [6.45, 7) is 6.55. The third-order valence-corrected chi connectivity index (χ3v) is 5.60. The summed E-state index contributed by atoms with van der Waals surface area (Å²) in [6, 6.07) is 7.17. The number of nitrogens with one attached hydrogen (secondary N) is 1. The molecule has 1 fully saturated rings. The topological polar surface area (TPSA) is 79.6 Å². The van der Waals surface area contributed by atoms with Crippen molar-refractivity contribution in [2.45, 2.75) is 39.7 Å². The van der Waals surface area contributed by atoms with Crippen molar-refractivity contribution in [3.63, 3.8) is 0 Å². The van der Waals surface area contributed by atoms with Crippen LogP contribution in [0.5, 0.6) is 0 Å². The van der Waals surface area contributed by atoms with Gasteiger partial charge >= 0.3 is 0 Å². The molecule has 1 atom stereocenters. The van der Waals surface area contributed by atoms with Gasteiger partial charge in [0.1, 0.15) is 6.04 Å². The third kappa shape index (κ3) is 3.44. The van der Waals surface area contributed by atoms with Crippen molar-refractivity contribution in [1.82, 2.24) is 14.6 Å². The van der Waals surface area contributed by atoms with Crippen LogP contribution in [0, 0.1) is 20.8 Å². The molecule has 0 aliphatic carbocycles. The van der Waals surface area contributed by atoms with Crippen LogP contribution in [-0.4, -0.2) is 33.1 Å². The largest absolute Gasteiger partial charge is 0.335 e. The van der Waals surface area contributed by atoms with Crippen LogP contribution in [-0.2, 0) is 4.79 Å². The van der Waals surface area contributed by atoms with Gasteiger partial charge in [0.25, 0.3) is 5.56 Å². The molecule has 27 heavy (non-hydrogen) atoms. The van der Waals surface area contributed by atoms with Crippen molar-refractivity contribution in [1.29, 1.82) is 0 Å². The first-order valence-corrected chi connectivity index (χ1v) is 9.76.